The van der Waals surface area contributed by atoms with Crippen LogP contribution in [0, 0.1) is 11.0 Å². The van der Waals surface area contributed by atoms with Crippen LogP contribution in [0.1, 0.15) is 204 Å². The normalized spacial score (nSPS) is 15.7. The molecule has 264 valence electrons. The molecule has 3 rings (SSSR count). The summed E-state index contributed by atoms with van der Waals surface area (Å²) in [6.45, 7) is 18.6. The van der Waals surface area contributed by atoms with Crippen molar-refractivity contribution in [1.82, 2.24) is 0 Å². The van der Waals surface area contributed by atoms with Crippen LogP contribution >= 0.6 is 23.2 Å². The summed E-state index contributed by atoms with van der Waals surface area (Å²) in [6.07, 6.45) is 21.3. The van der Waals surface area contributed by atoms with Crippen molar-refractivity contribution in [2.75, 3.05) is 0 Å². The molecule has 1 atom stereocenters. The molecule has 0 fully saturated rings. The smallest absolute Gasteiger partial charge is 0.213 e. The van der Waals surface area contributed by atoms with Crippen molar-refractivity contribution in [2.45, 2.75) is 182 Å². The predicted octanol–water partition coefficient (Wildman–Crippen LogP) is 13.8. The highest BCUT2D eigenvalue weighted by atomic mass is 35.5. The van der Waals surface area contributed by atoms with E-state index in [1.54, 1.807) is 0 Å². The van der Waals surface area contributed by atoms with Gasteiger partial charge >= 0.3 is 0 Å². The second kappa shape index (κ2) is 20.9. The van der Waals surface area contributed by atoms with Crippen LogP contribution in [0.4, 0.5) is 11.4 Å². The van der Waals surface area contributed by atoms with Gasteiger partial charge in [-0.1, -0.05) is 143 Å². The maximum atomic E-state index is 7.52. The fourth-order valence-electron chi connectivity index (χ4n) is 8.50. The number of nitrogens with zero attached hydrogens (tertiary/aromatic N) is 1. The number of benzene rings is 2. The number of hydrogen-bond donors (Lipinski definition) is 1. The number of para-hydroxylation sites is 2. The molecule has 0 spiro atoms. The lowest BCUT2D eigenvalue weighted by molar-refractivity contribution is -0.693. The monoisotopic (exact) mass is 682 g/mol. The Balaban J connectivity index is 2.38. The summed E-state index contributed by atoms with van der Waals surface area (Å²) in [5, 5.41) is 0. The van der Waals surface area contributed by atoms with Gasteiger partial charge in [-0.15, -0.1) is 11.6 Å². The topological polar surface area (TPSA) is 7.45 Å². The number of quaternary nitrogens is 1. The van der Waals surface area contributed by atoms with E-state index < -0.39 is 0 Å². The van der Waals surface area contributed by atoms with Crippen molar-refractivity contribution in [3.05, 3.63) is 69.7 Å². The van der Waals surface area contributed by atoms with Crippen molar-refractivity contribution >= 4 is 40.9 Å². The Labute approximate surface area is 300 Å². The van der Waals surface area contributed by atoms with Gasteiger partial charge in [-0.05, 0) is 86.2 Å². The van der Waals surface area contributed by atoms with Gasteiger partial charge in [-0.3, -0.25) is 16.2 Å². The van der Waals surface area contributed by atoms with Gasteiger partial charge in [0.05, 0.1) is 5.50 Å². The molecule has 0 saturated heterocycles. The minimum absolute atomic E-state index is 0.504. The highest BCUT2D eigenvalue weighted by Gasteiger charge is 2.36. The lowest BCUT2D eigenvalue weighted by atomic mass is 9.82. The molecule has 2 nitrogen and oxygen atoms in total. The van der Waals surface area contributed by atoms with Gasteiger partial charge < -0.3 is 4.90 Å². The first-order chi connectivity index (χ1) is 22.9. The van der Waals surface area contributed by atoms with Crippen molar-refractivity contribution in [1.29, 1.82) is 0 Å². The van der Waals surface area contributed by atoms with Gasteiger partial charge in [0.15, 0.2) is 0 Å². The largest absolute Gasteiger partial charge is 0.387 e. The Bertz CT molecular complexity index is 1130. The van der Waals surface area contributed by atoms with Crippen LogP contribution in [0.15, 0.2) is 36.4 Å². The molecular formula is C43H68Cl2N2. The van der Waals surface area contributed by atoms with E-state index in [0.29, 0.717) is 34.7 Å². The van der Waals surface area contributed by atoms with Crippen LogP contribution in [-0.4, -0.2) is 10.9 Å². The summed E-state index contributed by atoms with van der Waals surface area (Å²) < 4.78 is 2.32. The molecule has 1 heterocycles. The molecule has 0 amide bonds. The maximum Gasteiger partial charge on any atom is 0.213 e. The first-order valence-corrected chi connectivity index (χ1v) is 20.4. The van der Waals surface area contributed by atoms with Gasteiger partial charge in [0.2, 0.25) is 6.34 Å². The van der Waals surface area contributed by atoms with E-state index in [9.17, 15) is 0 Å². The average molecular weight is 684 g/mol. The Kier molecular flexibility index (Phi) is 17.8. The quantitative estimate of drug-likeness (QED) is 0.0718. The van der Waals surface area contributed by atoms with Crippen LogP contribution in [0.5, 0.6) is 0 Å². The van der Waals surface area contributed by atoms with Gasteiger partial charge in [-0.25, -0.2) is 0 Å². The van der Waals surface area contributed by atoms with Crippen LogP contribution in [-0.2, 0) is 0 Å². The summed E-state index contributed by atoms with van der Waals surface area (Å²) >= 11 is 15.0. The van der Waals surface area contributed by atoms with Gasteiger partial charge in [0, 0.05) is 16.6 Å². The van der Waals surface area contributed by atoms with E-state index in [0.717, 1.165) is 4.90 Å². The predicted molar refractivity (Wildman–Crippen MR) is 208 cm³/mol. The van der Waals surface area contributed by atoms with E-state index in [2.05, 4.69) is 103 Å². The molecule has 0 bridgehead atoms. The van der Waals surface area contributed by atoms with Crippen LogP contribution in [0.2, 0.25) is 0 Å². The van der Waals surface area contributed by atoms with Crippen molar-refractivity contribution in [3.63, 3.8) is 0 Å². The zero-order valence-electron chi connectivity index (χ0n) is 31.4. The van der Waals surface area contributed by atoms with Gasteiger partial charge in [0.1, 0.15) is 11.4 Å². The average Bonchev–Trinajstić information content (AvgIpc) is 3.36. The molecule has 1 unspecified atom stereocenters. The zero-order valence-corrected chi connectivity index (χ0v) is 32.9. The summed E-state index contributed by atoms with van der Waals surface area (Å²) in [4.78, 5) is 1.13. The Morgan fingerprint density at radius 3 is 1.13 bits per heavy atom. The lowest BCUT2D eigenvalue weighted by Gasteiger charge is -2.34. The van der Waals surface area contributed by atoms with E-state index in [1.807, 2.05) is 0 Å². The number of rotatable bonds is 22. The van der Waals surface area contributed by atoms with E-state index in [1.165, 1.54) is 136 Å². The molecule has 0 radical (unpaired) electrons. The van der Waals surface area contributed by atoms with Crippen molar-refractivity contribution in [2.24, 2.45) is 0 Å². The molecule has 1 N–H and O–H groups in total. The fraction of sp³-hybridized carbons (Fsp3) is 0.651. The summed E-state index contributed by atoms with van der Waals surface area (Å²) in [5.41, 5.74) is 9.89. The molecule has 1 aliphatic rings. The van der Waals surface area contributed by atoms with E-state index in [4.69, 9.17) is 23.2 Å². The fourth-order valence-corrected chi connectivity index (χ4v) is 8.97. The molecule has 4 heteroatoms. The van der Waals surface area contributed by atoms with Crippen LogP contribution in [0.3, 0.4) is 0 Å². The first kappa shape index (κ1) is 40.0. The molecule has 0 aliphatic carbocycles. The van der Waals surface area contributed by atoms with Crippen LogP contribution in [0.25, 0.3) is 0 Å². The van der Waals surface area contributed by atoms with E-state index >= 15 is 0 Å². The summed E-state index contributed by atoms with van der Waals surface area (Å²) in [5.74, 6) is 2.04. The molecule has 2 aromatic rings. The lowest BCUT2D eigenvalue weighted by Crippen LogP contribution is -3.05. The molecular weight excluding hydrogens is 615 g/mol. The van der Waals surface area contributed by atoms with Crippen molar-refractivity contribution in [3.8, 4) is 0 Å². The van der Waals surface area contributed by atoms with E-state index in [-0.39, 0.29) is 0 Å². The number of hydrogen-bond acceptors (Lipinski definition) is 0. The minimum atomic E-state index is 0.504. The first-order valence-electron chi connectivity index (χ1n) is 19.7. The minimum Gasteiger partial charge on any atom is -0.387 e. The third kappa shape index (κ3) is 9.82. The number of nitrogens with one attached hydrogen (secondary N) is 1. The Morgan fingerprint density at radius 2 is 0.809 bits per heavy atom. The standard InChI is InChI=1S/C43H68Cl2N2/c1-9-19-32(20-10-2)36-27-17-28-37(33(21-11-3)22-12-4)40(36)46-31-47(43(45)42(46)44)41-38(34(23-13-5)24-14-6)29-18-30-39(41)35(25-15-7)26-16-8/h17-18,27-35,46H,9-16,19-26H2,1-8H3. The Morgan fingerprint density at radius 1 is 0.511 bits per heavy atom. The third-order valence-corrected chi connectivity index (χ3v) is 11.3. The number of halogens is 2. The molecule has 47 heavy (non-hydrogen) atoms. The second-order valence-corrected chi connectivity index (χ2v) is 14.9. The molecule has 0 aromatic heterocycles. The highest BCUT2D eigenvalue weighted by molar-refractivity contribution is 6.38. The molecule has 1 aliphatic heterocycles. The van der Waals surface area contributed by atoms with Gasteiger partial charge in [0.25, 0.3) is 0 Å². The summed E-state index contributed by atoms with van der Waals surface area (Å²) in [6, 6.07) is 14.2. The molecule has 0 saturated carbocycles. The highest BCUT2D eigenvalue weighted by Crippen LogP contribution is 2.46. The van der Waals surface area contributed by atoms with Gasteiger partial charge in [-0.2, -0.15) is 0 Å². The molecule has 2 aromatic carbocycles. The zero-order chi connectivity index (χ0) is 34.3. The maximum absolute atomic E-state index is 7.52. The van der Waals surface area contributed by atoms with Crippen molar-refractivity contribution < 1.29 is 9.48 Å². The second-order valence-electron chi connectivity index (χ2n) is 14.2. The Hall–Kier alpha value is -1.48. The van der Waals surface area contributed by atoms with Crippen LogP contribution < -0.4 is 4.90 Å². The summed E-state index contributed by atoms with van der Waals surface area (Å²) in [7, 11) is 0. The SMILES string of the molecule is CCCC(CCC)c1cccc(C(CCC)CCC)c1[N+]1=C[NH+](c2c(C(CCC)CCC)cccc2C(CCC)CCC)[C-](Cl)[C-]1Cl. The third-order valence-electron chi connectivity index (χ3n) is 10.5.